The Balaban J connectivity index is 1.73. The molecule has 1 heterocycles. The lowest BCUT2D eigenvalue weighted by atomic mass is 10.2. The molecule has 1 aromatic carbocycles. The number of ether oxygens (including phenoxy) is 1. The summed E-state index contributed by atoms with van der Waals surface area (Å²) in [5.74, 6) is 0.0543. The van der Waals surface area contributed by atoms with Gasteiger partial charge < -0.3 is 4.74 Å². The van der Waals surface area contributed by atoms with Gasteiger partial charge in [-0.1, -0.05) is 48.2 Å². The van der Waals surface area contributed by atoms with Crippen molar-refractivity contribution in [3.63, 3.8) is 0 Å². The lowest BCUT2D eigenvalue weighted by molar-refractivity contribution is -0.141. The van der Waals surface area contributed by atoms with E-state index in [0.717, 1.165) is 10.6 Å². The number of carbonyl (C=O) groups is 1. The zero-order chi connectivity index (χ0) is 12.6. The summed E-state index contributed by atoms with van der Waals surface area (Å²) in [7, 11) is 0. The summed E-state index contributed by atoms with van der Waals surface area (Å²) < 4.78 is 5.16. The number of benzene rings is 1. The number of hydrogen-bond donors (Lipinski definition) is 0. The zero-order valence-electron chi connectivity index (χ0n) is 9.78. The van der Waals surface area contributed by atoms with Crippen molar-refractivity contribution >= 4 is 17.7 Å². The second-order valence-electron chi connectivity index (χ2n) is 3.60. The summed E-state index contributed by atoms with van der Waals surface area (Å²) in [5.41, 5.74) is 0.994. The minimum absolute atomic E-state index is 0.227. The number of carbonyl (C=O) groups excluding carboxylic acids is 1. The van der Waals surface area contributed by atoms with Crippen molar-refractivity contribution in [1.82, 2.24) is 4.98 Å². The third kappa shape index (κ3) is 4.22. The van der Waals surface area contributed by atoms with Gasteiger partial charge in [0.25, 0.3) is 0 Å². The van der Waals surface area contributed by atoms with Gasteiger partial charge in [0.1, 0.15) is 6.61 Å². The molecule has 0 aliphatic carbocycles. The van der Waals surface area contributed by atoms with Crippen molar-refractivity contribution in [3.05, 3.63) is 60.3 Å². The maximum Gasteiger partial charge on any atom is 0.316 e. The molecule has 1 aromatic heterocycles. The fraction of sp³-hybridized carbons (Fsp3) is 0.143. The molecule has 0 N–H and O–H groups in total. The van der Waals surface area contributed by atoms with Gasteiger partial charge in [0.2, 0.25) is 0 Å². The van der Waals surface area contributed by atoms with Crippen LogP contribution in [0.15, 0.2) is 59.8 Å². The number of aromatic nitrogens is 1. The molecule has 3 nitrogen and oxygen atoms in total. The highest BCUT2D eigenvalue weighted by Crippen LogP contribution is 2.14. The normalized spacial score (nSPS) is 10.0. The maximum absolute atomic E-state index is 11.5. The van der Waals surface area contributed by atoms with Gasteiger partial charge in [-0.15, -0.1) is 0 Å². The zero-order valence-corrected chi connectivity index (χ0v) is 10.6. The third-order valence-electron chi connectivity index (χ3n) is 2.22. The van der Waals surface area contributed by atoms with Crippen molar-refractivity contribution in [1.29, 1.82) is 0 Å². The topological polar surface area (TPSA) is 39.2 Å². The van der Waals surface area contributed by atoms with E-state index in [9.17, 15) is 4.79 Å². The molecule has 2 aromatic rings. The number of esters is 1. The third-order valence-corrected chi connectivity index (χ3v) is 3.14. The molecular formula is C14H13NO2S. The van der Waals surface area contributed by atoms with Gasteiger partial charge in [0.05, 0.1) is 10.8 Å². The number of rotatable bonds is 5. The highest BCUT2D eigenvalue weighted by Gasteiger charge is 2.04. The summed E-state index contributed by atoms with van der Waals surface area (Å²) in [6.07, 6.45) is 1.71. The molecule has 4 heteroatoms. The van der Waals surface area contributed by atoms with Gasteiger partial charge in [0.15, 0.2) is 0 Å². The lowest BCUT2D eigenvalue weighted by Crippen LogP contribution is -2.07. The van der Waals surface area contributed by atoms with E-state index in [1.165, 1.54) is 11.8 Å². The van der Waals surface area contributed by atoms with Gasteiger partial charge in [-0.2, -0.15) is 0 Å². The first-order chi connectivity index (χ1) is 8.84. The first-order valence-electron chi connectivity index (χ1n) is 5.58. The molecule has 0 saturated carbocycles. The monoisotopic (exact) mass is 259 g/mol. The second-order valence-corrected chi connectivity index (χ2v) is 4.60. The number of pyridine rings is 1. The predicted molar refractivity (Wildman–Crippen MR) is 71.2 cm³/mol. The van der Waals surface area contributed by atoms with Gasteiger partial charge in [-0.3, -0.25) is 4.79 Å². The van der Waals surface area contributed by atoms with Crippen LogP contribution in [0.4, 0.5) is 0 Å². The van der Waals surface area contributed by atoms with E-state index in [1.807, 2.05) is 48.5 Å². The van der Waals surface area contributed by atoms with Crippen LogP contribution < -0.4 is 0 Å². The average Bonchev–Trinajstić information content (AvgIpc) is 2.45. The molecular weight excluding hydrogens is 246 g/mol. The van der Waals surface area contributed by atoms with Crippen LogP contribution in [-0.4, -0.2) is 16.7 Å². The lowest BCUT2D eigenvalue weighted by Gasteiger charge is -2.04. The fourth-order valence-corrected chi connectivity index (χ4v) is 2.00. The standard InChI is InChI=1S/C14H13NO2S/c16-14(11-18-13-8-4-5-9-15-13)17-10-12-6-2-1-3-7-12/h1-9H,10-11H2. The summed E-state index contributed by atoms with van der Waals surface area (Å²) in [5, 5.41) is 0.828. The highest BCUT2D eigenvalue weighted by molar-refractivity contribution is 7.99. The molecule has 0 fully saturated rings. The predicted octanol–water partition coefficient (Wildman–Crippen LogP) is 2.92. The number of nitrogens with zero attached hydrogens (tertiary/aromatic N) is 1. The van der Waals surface area contributed by atoms with E-state index in [4.69, 9.17) is 4.74 Å². The second kappa shape index (κ2) is 6.81. The number of hydrogen-bond acceptors (Lipinski definition) is 4. The fourth-order valence-electron chi connectivity index (χ4n) is 1.35. The first-order valence-corrected chi connectivity index (χ1v) is 6.56. The molecule has 0 saturated heterocycles. The summed E-state index contributed by atoms with van der Waals surface area (Å²) in [6, 6.07) is 15.2. The Labute approximate surface area is 110 Å². The van der Waals surface area contributed by atoms with E-state index in [-0.39, 0.29) is 11.7 Å². The molecule has 0 aliphatic rings. The molecule has 0 aliphatic heterocycles. The van der Waals surface area contributed by atoms with Crippen molar-refractivity contribution in [2.24, 2.45) is 0 Å². The molecule has 18 heavy (non-hydrogen) atoms. The largest absolute Gasteiger partial charge is 0.460 e. The first kappa shape index (κ1) is 12.6. The Kier molecular flexibility index (Phi) is 4.78. The minimum atomic E-state index is -0.227. The molecule has 0 unspecified atom stereocenters. The quantitative estimate of drug-likeness (QED) is 0.611. The SMILES string of the molecule is O=C(CSc1ccccn1)OCc1ccccc1. The van der Waals surface area contributed by atoms with Crippen molar-refractivity contribution in [2.75, 3.05) is 5.75 Å². The smallest absolute Gasteiger partial charge is 0.316 e. The van der Waals surface area contributed by atoms with E-state index in [2.05, 4.69) is 4.98 Å². The Bertz CT molecular complexity index is 442. The summed E-state index contributed by atoms with van der Waals surface area (Å²) >= 11 is 1.38. The molecule has 92 valence electrons. The van der Waals surface area contributed by atoms with Crippen LogP contribution in [0.3, 0.4) is 0 Å². The molecule has 0 atom stereocenters. The Morgan fingerprint density at radius 3 is 2.61 bits per heavy atom. The van der Waals surface area contributed by atoms with Crippen LogP contribution in [0.2, 0.25) is 0 Å². The van der Waals surface area contributed by atoms with Crippen LogP contribution in [0.25, 0.3) is 0 Å². The summed E-state index contributed by atoms with van der Waals surface area (Å²) in [4.78, 5) is 15.6. The Hall–Kier alpha value is -1.81. The van der Waals surface area contributed by atoms with Crippen LogP contribution in [0, 0.1) is 0 Å². The highest BCUT2D eigenvalue weighted by atomic mass is 32.2. The molecule has 2 rings (SSSR count). The number of thioether (sulfide) groups is 1. The van der Waals surface area contributed by atoms with Crippen molar-refractivity contribution < 1.29 is 9.53 Å². The van der Waals surface area contributed by atoms with E-state index in [0.29, 0.717) is 6.61 Å². The Morgan fingerprint density at radius 2 is 1.89 bits per heavy atom. The molecule has 0 bridgehead atoms. The summed E-state index contributed by atoms with van der Waals surface area (Å²) in [6.45, 7) is 0.322. The van der Waals surface area contributed by atoms with Crippen LogP contribution in [0.1, 0.15) is 5.56 Å². The maximum atomic E-state index is 11.5. The molecule has 0 amide bonds. The molecule has 0 radical (unpaired) electrons. The van der Waals surface area contributed by atoms with Crippen LogP contribution >= 0.6 is 11.8 Å². The van der Waals surface area contributed by atoms with Gasteiger partial charge in [-0.05, 0) is 17.7 Å². The molecule has 0 spiro atoms. The Morgan fingerprint density at radius 1 is 1.11 bits per heavy atom. The van der Waals surface area contributed by atoms with Crippen LogP contribution in [0.5, 0.6) is 0 Å². The van der Waals surface area contributed by atoms with Crippen molar-refractivity contribution in [3.8, 4) is 0 Å². The van der Waals surface area contributed by atoms with Gasteiger partial charge in [0, 0.05) is 6.20 Å². The van der Waals surface area contributed by atoms with Gasteiger partial charge in [-0.25, -0.2) is 4.98 Å². The average molecular weight is 259 g/mol. The van der Waals surface area contributed by atoms with Crippen molar-refractivity contribution in [2.45, 2.75) is 11.6 Å². The van der Waals surface area contributed by atoms with Crippen LogP contribution in [-0.2, 0) is 16.1 Å². The van der Waals surface area contributed by atoms with Gasteiger partial charge >= 0.3 is 5.97 Å². The minimum Gasteiger partial charge on any atom is -0.460 e. The van der Waals surface area contributed by atoms with E-state index < -0.39 is 0 Å². The van der Waals surface area contributed by atoms with E-state index >= 15 is 0 Å². The van der Waals surface area contributed by atoms with E-state index in [1.54, 1.807) is 6.20 Å².